The fourth-order valence-corrected chi connectivity index (χ4v) is 1.99. The Bertz CT molecular complexity index is 632. The number of aryl methyl sites for hydroxylation is 3. The molecule has 2 aromatic rings. The molecule has 0 radical (unpaired) electrons. The van der Waals surface area contributed by atoms with Crippen molar-refractivity contribution in [1.82, 2.24) is 9.78 Å². The van der Waals surface area contributed by atoms with Crippen LogP contribution in [0.1, 0.15) is 17.0 Å². The SMILES string of the molecule is Cc1ccccc1OCC(=O)Nc1c(C)nn(C)c1C. The third kappa shape index (κ3) is 2.99. The van der Waals surface area contributed by atoms with Crippen LogP contribution in [0.15, 0.2) is 24.3 Å². The predicted molar refractivity (Wildman–Crippen MR) is 78.0 cm³/mol. The standard InChI is InChI=1S/C15H19N3O2/c1-10-7-5-6-8-13(10)20-9-14(19)16-15-11(2)17-18(4)12(15)3/h5-8H,9H2,1-4H3,(H,16,19). The summed E-state index contributed by atoms with van der Waals surface area (Å²) >= 11 is 0. The predicted octanol–water partition coefficient (Wildman–Crippen LogP) is 2.36. The summed E-state index contributed by atoms with van der Waals surface area (Å²) in [5, 5.41) is 7.10. The molecular formula is C15H19N3O2. The van der Waals surface area contributed by atoms with Crippen molar-refractivity contribution < 1.29 is 9.53 Å². The number of ether oxygens (including phenoxy) is 1. The number of para-hydroxylation sites is 1. The lowest BCUT2D eigenvalue weighted by Gasteiger charge is -2.09. The lowest BCUT2D eigenvalue weighted by Crippen LogP contribution is -2.21. The number of hydrogen-bond acceptors (Lipinski definition) is 3. The highest BCUT2D eigenvalue weighted by atomic mass is 16.5. The molecule has 0 atom stereocenters. The van der Waals surface area contributed by atoms with E-state index >= 15 is 0 Å². The fourth-order valence-electron chi connectivity index (χ4n) is 1.99. The summed E-state index contributed by atoms with van der Waals surface area (Å²) in [5.41, 5.74) is 3.49. The second-order valence-corrected chi connectivity index (χ2v) is 4.77. The van der Waals surface area contributed by atoms with Crippen LogP contribution in [0.3, 0.4) is 0 Å². The van der Waals surface area contributed by atoms with Crippen LogP contribution >= 0.6 is 0 Å². The second-order valence-electron chi connectivity index (χ2n) is 4.77. The molecule has 0 unspecified atom stereocenters. The lowest BCUT2D eigenvalue weighted by molar-refractivity contribution is -0.118. The van der Waals surface area contributed by atoms with Gasteiger partial charge >= 0.3 is 0 Å². The number of nitrogens with one attached hydrogen (secondary N) is 1. The van der Waals surface area contributed by atoms with Gasteiger partial charge in [-0.1, -0.05) is 18.2 Å². The fraction of sp³-hybridized carbons (Fsp3) is 0.333. The molecule has 1 amide bonds. The van der Waals surface area contributed by atoms with Crippen LogP contribution in [0.25, 0.3) is 0 Å². The maximum absolute atomic E-state index is 11.9. The smallest absolute Gasteiger partial charge is 0.262 e. The first-order valence-electron chi connectivity index (χ1n) is 6.47. The normalized spacial score (nSPS) is 10.4. The number of carbonyl (C=O) groups excluding carboxylic acids is 1. The van der Waals surface area contributed by atoms with Gasteiger partial charge in [-0.15, -0.1) is 0 Å². The van der Waals surface area contributed by atoms with Crippen molar-refractivity contribution in [1.29, 1.82) is 0 Å². The van der Waals surface area contributed by atoms with E-state index in [1.54, 1.807) is 4.68 Å². The lowest BCUT2D eigenvalue weighted by atomic mass is 10.2. The molecule has 0 aliphatic carbocycles. The van der Waals surface area contributed by atoms with Gasteiger partial charge in [0.05, 0.1) is 17.1 Å². The summed E-state index contributed by atoms with van der Waals surface area (Å²) in [4.78, 5) is 11.9. The van der Waals surface area contributed by atoms with Gasteiger partial charge in [-0.3, -0.25) is 9.48 Å². The first-order valence-corrected chi connectivity index (χ1v) is 6.47. The summed E-state index contributed by atoms with van der Waals surface area (Å²) < 4.78 is 7.26. The molecule has 106 valence electrons. The number of benzene rings is 1. The van der Waals surface area contributed by atoms with Crippen LogP contribution in [0.5, 0.6) is 5.75 Å². The highest BCUT2D eigenvalue weighted by Gasteiger charge is 2.13. The molecule has 0 aliphatic rings. The summed E-state index contributed by atoms with van der Waals surface area (Å²) in [7, 11) is 1.85. The number of carbonyl (C=O) groups is 1. The van der Waals surface area contributed by atoms with Crippen molar-refractivity contribution >= 4 is 11.6 Å². The molecule has 0 saturated carbocycles. The first kappa shape index (κ1) is 14.1. The molecule has 1 aromatic carbocycles. The molecule has 1 aromatic heterocycles. The van der Waals surface area contributed by atoms with Gasteiger partial charge in [-0.25, -0.2) is 0 Å². The van der Waals surface area contributed by atoms with E-state index in [2.05, 4.69) is 10.4 Å². The van der Waals surface area contributed by atoms with E-state index in [1.165, 1.54) is 0 Å². The van der Waals surface area contributed by atoms with Crippen LogP contribution in [0.2, 0.25) is 0 Å². The van der Waals surface area contributed by atoms with Gasteiger partial charge in [0, 0.05) is 7.05 Å². The summed E-state index contributed by atoms with van der Waals surface area (Å²) in [6.45, 7) is 5.71. The van der Waals surface area contributed by atoms with Crippen LogP contribution < -0.4 is 10.1 Å². The maximum atomic E-state index is 11.9. The van der Waals surface area contributed by atoms with E-state index in [0.29, 0.717) is 0 Å². The minimum atomic E-state index is -0.188. The highest BCUT2D eigenvalue weighted by Crippen LogP contribution is 2.19. The monoisotopic (exact) mass is 273 g/mol. The zero-order chi connectivity index (χ0) is 14.7. The van der Waals surface area contributed by atoms with Crippen LogP contribution in [-0.4, -0.2) is 22.3 Å². The van der Waals surface area contributed by atoms with Crippen molar-refractivity contribution in [3.8, 4) is 5.75 Å². The van der Waals surface area contributed by atoms with Gasteiger partial charge < -0.3 is 10.1 Å². The van der Waals surface area contributed by atoms with Crippen molar-refractivity contribution in [2.45, 2.75) is 20.8 Å². The molecule has 2 rings (SSSR count). The van der Waals surface area contributed by atoms with E-state index in [4.69, 9.17) is 4.74 Å². The number of nitrogens with zero attached hydrogens (tertiary/aromatic N) is 2. The highest BCUT2D eigenvalue weighted by molar-refractivity contribution is 5.93. The molecule has 0 saturated heterocycles. The number of hydrogen-bond donors (Lipinski definition) is 1. The molecule has 5 nitrogen and oxygen atoms in total. The summed E-state index contributed by atoms with van der Waals surface area (Å²) in [6.07, 6.45) is 0. The van der Waals surface area contributed by atoms with Gasteiger partial charge in [0.25, 0.3) is 5.91 Å². The maximum Gasteiger partial charge on any atom is 0.262 e. The Labute approximate surface area is 118 Å². The number of aromatic nitrogens is 2. The van der Waals surface area contributed by atoms with E-state index in [9.17, 15) is 4.79 Å². The average molecular weight is 273 g/mol. The second kappa shape index (κ2) is 5.77. The number of amides is 1. The Morgan fingerprint density at radius 1 is 1.30 bits per heavy atom. The molecule has 1 heterocycles. The van der Waals surface area contributed by atoms with Crippen molar-refractivity contribution in [3.63, 3.8) is 0 Å². The molecule has 0 fully saturated rings. The largest absolute Gasteiger partial charge is 0.483 e. The Morgan fingerprint density at radius 2 is 2.00 bits per heavy atom. The van der Waals surface area contributed by atoms with Gasteiger partial charge in [0.2, 0.25) is 0 Å². The molecule has 20 heavy (non-hydrogen) atoms. The van der Waals surface area contributed by atoms with Gasteiger partial charge in [-0.2, -0.15) is 5.10 Å². The van der Waals surface area contributed by atoms with Crippen LogP contribution in [0, 0.1) is 20.8 Å². The zero-order valence-corrected chi connectivity index (χ0v) is 12.2. The minimum Gasteiger partial charge on any atom is -0.483 e. The van der Waals surface area contributed by atoms with E-state index in [1.807, 2.05) is 52.1 Å². The number of anilines is 1. The van der Waals surface area contributed by atoms with E-state index in [-0.39, 0.29) is 12.5 Å². The Balaban J connectivity index is 1.98. The van der Waals surface area contributed by atoms with Gasteiger partial charge in [0.1, 0.15) is 5.75 Å². The Hall–Kier alpha value is -2.30. The van der Waals surface area contributed by atoms with E-state index < -0.39 is 0 Å². The molecule has 5 heteroatoms. The third-order valence-electron chi connectivity index (χ3n) is 3.23. The summed E-state index contributed by atoms with van der Waals surface area (Å²) in [6, 6.07) is 7.62. The molecular weight excluding hydrogens is 254 g/mol. The third-order valence-corrected chi connectivity index (χ3v) is 3.23. The zero-order valence-electron chi connectivity index (χ0n) is 12.2. The average Bonchev–Trinajstić information content (AvgIpc) is 2.64. The van der Waals surface area contributed by atoms with Crippen molar-refractivity contribution in [2.75, 3.05) is 11.9 Å². The van der Waals surface area contributed by atoms with Crippen molar-refractivity contribution in [2.24, 2.45) is 7.05 Å². The Kier molecular flexibility index (Phi) is 4.08. The quantitative estimate of drug-likeness (QED) is 0.930. The van der Waals surface area contributed by atoms with Crippen LogP contribution in [0.4, 0.5) is 5.69 Å². The minimum absolute atomic E-state index is 0.0153. The Morgan fingerprint density at radius 3 is 2.60 bits per heavy atom. The van der Waals surface area contributed by atoms with Gasteiger partial charge in [-0.05, 0) is 32.4 Å². The molecule has 0 aliphatic heterocycles. The first-order chi connectivity index (χ1) is 9.49. The van der Waals surface area contributed by atoms with Crippen molar-refractivity contribution in [3.05, 3.63) is 41.2 Å². The number of rotatable bonds is 4. The molecule has 0 bridgehead atoms. The van der Waals surface area contributed by atoms with Gasteiger partial charge in [0.15, 0.2) is 6.61 Å². The van der Waals surface area contributed by atoms with E-state index in [0.717, 1.165) is 28.4 Å². The topological polar surface area (TPSA) is 56.1 Å². The molecule has 1 N–H and O–H groups in total. The van der Waals surface area contributed by atoms with Crippen LogP contribution in [-0.2, 0) is 11.8 Å². The summed E-state index contributed by atoms with van der Waals surface area (Å²) in [5.74, 6) is 0.537. The molecule has 0 spiro atoms.